The van der Waals surface area contributed by atoms with Crippen LogP contribution in [0.3, 0.4) is 0 Å². The largest absolute Gasteiger partial charge is 0.495 e. The molecule has 0 spiro atoms. The molecule has 0 amide bonds. The molecule has 0 aromatic heterocycles. The second kappa shape index (κ2) is 5.75. The molecule has 1 aromatic carbocycles. The first-order valence-corrected chi connectivity index (χ1v) is 10.1. The molecule has 0 aliphatic carbocycles. The maximum atomic E-state index is 12.4. The molecule has 1 fully saturated rings. The Labute approximate surface area is 132 Å². The van der Waals surface area contributed by atoms with E-state index in [1.165, 1.54) is 19.2 Å². The lowest BCUT2D eigenvalue weighted by Crippen LogP contribution is -2.35. The molecule has 1 aliphatic rings. The maximum absolute atomic E-state index is 12.4. The quantitative estimate of drug-likeness (QED) is 0.713. The van der Waals surface area contributed by atoms with Crippen molar-refractivity contribution in [2.75, 3.05) is 24.3 Å². The molecule has 10 heteroatoms. The normalized spacial score (nSPS) is 21.3. The van der Waals surface area contributed by atoms with E-state index >= 15 is 0 Å². The Kier molecular flexibility index (Phi) is 4.52. The van der Waals surface area contributed by atoms with Crippen LogP contribution in [0.5, 0.6) is 5.75 Å². The van der Waals surface area contributed by atoms with Gasteiger partial charge in [-0.15, -0.1) is 0 Å². The molecule has 0 bridgehead atoms. The minimum Gasteiger partial charge on any atom is -0.495 e. The zero-order valence-electron chi connectivity index (χ0n) is 11.2. The summed E-state index contributed by atoms with van der Waals surface area (Å²) in [6.07, 6.45) is 0.260. The van der Waals surface area contributed by atoms with E-state index in [4.69, 9.17) is 10.5 Å². The molecule has 2 rings (SSSR count). The van der Waals surface area contributed by atoms with Crippen LogP contribution in [0.25, 0.3) is 0 Å². The topological polar surface area (TPSA) is 116 Å². The van der Waals surface area contributed by atoms with Gasteiger partial charge in [-0.05, 0) is 34.5 Å². The van der Waals surface area contributed by atoms with Crippen molar-refractivity contribution >= 4 is 41.5 Å². The first kappa shape index (κ1) is 16.5. The van der Waals surface area contributed by atoms with Crippen LogP contribution >= 0.6 is 15.9 Å². The maximum Gasteiger partial charge on any atom is 0.244 e. The second-order valence-corrected chi connectivity index (χ2v) is 9.51. The molecule has 1 saturated heterocycles. The van der Waals surface area contributed by atoms with Crippen molar-refractivity contribution in [2.24, 2.45) is 0 Å². The minimum atomic E-state index is -3.92. The number of ether oxygens (including phenoxy) is 1. The van der Waals surface area contributed by atoms with Crippen molar-refractivity contribution in [1.82, 2.24) is 4.72 Å². The monoisotopic (exact) mass is 398 g/mol. The summed E-state index contributed by atoms with van der Waals surface area (Å²) in [5.41, 5.74) is 5.95. The van der Waals surface area contributed by atoms with Gasteiger partial charge in [0.25, 0.3) is 0 Å². The fourth-order valence-electron chi connectivity index (χ4n) is 2.09. The van der Waals surface area contributed by atoms with Gasteiger partial charge in [-0.2, -0.15) is 0 Å². The lowest BCUT2D eigenvalue weighted by molar-refractivity contribution is 0.402. The van der Waals surface area contributed by atoms with E-state index in [9.17, 15) is 16.8 Å². The van der Waals surface area contributed by atoms with Gasteiger partial charge in [0.1, 0.15) is 10.6 Å². The summed E-state index contributed by atoms with van der Waals surface area (Å²) in [7, 11) is -5.74. The van der Waals surface area contributed by atoms with Gasteiger partial charge in [0.05, 0.1) is 18.6 Å². The molecular formula is C11H15BrN2O5S2. The van der Waals surface area contributed by atoms with Crippen LogP contribution in [0.4, 0.5) is 5.69 Å². The molecule has 21 heavy (non-hydrogen) atoms. The first-order chi connectivity index (χ1) is 9.64. The molecule has 1 heterocycles. The highest BCUT2D eigenvalue weighted by Gasteiger charge is 2.32. The number of rotatable bonds is 4. The molecule has 7 nitrogen and oxygen atoms in total. The molecule has 1 atom stereocenters. The van der Waals surface area contributed by atoms with E-state index in [2.05, 4.69) is 20.7 Å². The van der Waals surface area contributed by atoms with Crippen LogP contribution in [0.1, 0.15) is 6.42 Å². The summed E-state index contributed by atoms with van der Waals surface area (Å²) in [5.74, 6) is -0.0789. The molecular weight excluding hydrogens is 384 g/mol. The number of benzene rings is 1. The number of hydrogen-bond acceptors (Lipinski definition) is 6. The number of nitrogen functional groups attached to an aromatic ring is 1. The summed E-state index contributed by atoms with van der Waals surface area (Å²) in [6, 6.07) is 2.10. The van der Waals surface area contributed by atoms with Gasteiger partial charge in [0.2, 0.25) is 10.0 Å². The van der Waals surface area contributed by atoms with Gasteiger partial charge < -0.3 is 10.5 Å². The summed E-state index contributed by atoms with van der Waals surface area (Å²) in [5, 5.41) is 0. The third-order valence-corrected chi connectivity index (χ3v) is 7.12. The lowest BCUT2D eigenvalue weighted by Gasteiger charge is -2.15. The number of sulfone groups is 1. The Balaban J connectivity index is 2.34. The molecule has 3 N–H and O–H groups in total. The van der Waals surface area contributed by atoms with Gasteiger partial charge in [0.15, 0.2) is 9.84 Å². The van der Waals surface area contributed by atoms with E-state index in [0.717, 1.165) is 0 Å². The fourth-order valence-corrected chi connectivity index (χ4v) is 5.65. The highest BCUT2D eigenvalue weighted by atomic mass is 79.9. The van der Waals surface area contributed by atoms with Gasteiger partial charge in [-0.25, -0.2) is 21.6 Å². The number of hydrogen-bond donors (Lipinski definition) is 2. The van der Waals surface area contributed by atoms with Crippen molar-refractivity contribution in [1.29, 1.82) is 0 Å². The fraction of sp³-hybridized carbons (Fsp3) is 0.455. The van der Waals surface area contributed by atoms with Crippen LogP contribution in [-0.2, 0) is 19.9 Å². The molecule has 0 saturated carbocycles. The highest BCUT2D eigenvalue weighted by molar-refractivity contribution is 9.10. The zero-order chi connectivity index (χ0) is 15.8. The summed E-state index contributed by atoms with van der Waals surface area (Å²) < 4.78 is 55.5. The Morgan fingerprint density at radius 3 is 2.62 bits per heavy atom. The number of anilines is 1. The Bertz CT molecular complexity index is 761. The molecule has 1 aliphatic heterocycles. The average molecular weight is 399 g/mol. The van der Waals surface area contributed by atoms with Crippen molar-refractivity contribution in [3.05, 3.63) is 16.6 Å². The average Bonchev–Trinajstić information content (AvgIpc) is 2.70. The molecule has 118 valence electrons. The summed E-state index contributed by atoms with van der Waals surface area (Å²) >= 11 is 3.19. The van der Waals surface area contributed by atoms with Gasteiger partial charge in [-0.1, -0.05) is 0 Å². The van der Waals surface area contributed by atoms with Gasteiger partial charge in [0, 0.05) is 16.2 Å². The van der Waals surface area contributed by atoms with Crippen LogP contribution < -0.4 is 15.2 Å². The van der Waals surface area contributed by atoms with Crippen LogP contribution in [-0.4, -0.2) is 41.5 Å². The summed E-state index contributed by atoms with van der Waals surface area (Å²) in [4.78, 5) is -0.116. The van der Waals surface area contributed by atoms with E-state index in [-0.39, 0.29) is 34.3 Å². The third-order valence-electron chi connectivity index (χ3n) is 3.13. The Morgan fingerprint density at radius 2 is 2.10 bits per heavy atom. The Hall–Kier alpha value is -0.840. The predicted octanol–water partition coefficient (Wildman–Crippen LogP) is 0.505. The lowest BCUT2D eigenvalue weighted by atomic mass is 10.3. The number of nitrogens with one attached hydrogen (secondary N) is 1. The molecule has 1 unspecified atom stereocenters. The van der Waals surface area contributed by atoms with Gasteiger partial charge in [-0.3, -0.25) is 0 Å². The van der Waals surface area contributed by atoms with Crippen LogP contribution in [0.15, 0.2) is 21.5 Å². The first-order valence-electron chi connectivity index (χ1n) is 6.00. The van der Waals surface area contributed by atoms with E-state index in [0.29, 0.717) is 4.47 Å². The van der Waals surface area contributed by atoms with Crippen molar-refractivity contribution < 1.29 is 21.6 Å². The predicted molar refractivity (Wildman–Crippen MR) is 82.5 cm³/mol. The number of sulfonamides is 1. The van der Waals surface area contributed by atoms with E-state index in [1.807, 2.05) is 0 Å². The van der Waals surface area contributed by atoms with Gasteiger partial charge >= 0.3 is 0 Å². The minimum absolute atomic E-state index is 0.0141. The number of methoxy groups -OCH3 is 1. The van der Waals surface area contributed by atoms with Crippen LogP contribution in [0, 0.1) is 0 Å². The van der Waals surface area contributed by atoms with Crippen molar-refractivity contribution in [3.8, 4) is 5.75 Å². The molecule has 0 radical (unpaired) electrons. The number of nitrogens with two attached hydrogens (primary N) is 1. The smallest absolute Gasteiger partial charge is 0.244 e. The SMILES string of the molecule is COc1cc(Br)c(N)cc1S(=O)(=O)NC1CCS(=O)(=O)C1. The van der Waals surface area contributed by atoms with E-state index in [1.54, 1.807) is 0 Å². The van der Waals surface area contributed by atoms with Crippen molar-refractivity contribution in [3.63, 3.8) is 0 Å². The van der Waals surface area contributed by atoms with Crippen LogP contribution in [0.2, 0.25) is 0 Å². The van der Waals surface area contributed by atoms with Crippen molar-refractivity contribution in [2.45, 2.75) is 17.4 Å². The molecule has 1 aromatic rings. The standard InChI is InChI=1S/C11H15BrN2O5S2/c1-19-10-4-8(12)9(13)5-11(10)21(17,18)14-7-2-3-20(15,16)6-7/h4-5,7,14H,2-3,6,13H2,1H3. The Morgan fingerprint density at radius 1 is 1.43 bits per heavy atom. The highest BCUT2D eigenvalue weighted by Crippen LogP contribution is 2.32. The zero-order valence-corrected chi connectivity index (χ0v) is 14.4. The third kappa shape index (κ3) is 3.68. The number of halogens is 1. The second-order valence-electron chi connectivity index (χ2n) is 4.75. The summed E-state index contributed by atoms with van der Waals surface area (Å²) in [6.45, 7) is 0. The van der Waals surface area contributed by atoms with E-state index < -0.39 is 25.9 Å².